The molecule has 2 aromatic rings. The summed E-state index contributed by atoms with van der Waals surface area (Å²) in [5.41, 5.74) is 9.30. The molecule has 2 heteroatoms. The van der Waals surface area contributed by atoms with Gasteiger partial charge in [-0.05, 0) is 35.1 Å². The molecule has 1 aliphatic rings. The van der Waals surface area contributed by atoms with E-state index in [1.165, 1.54) is 86.3 Å². The van der Waals surface area contributed by atoms with Gasteiger partial charge in [0.1, 0.15) is 15.7 Å². The maximum Gasteiger partial charge on any atom is 0.139 e. The molecular formula is C25H36B2. The molecule has 0 amide bonds. The Balaban J connectivity index is 2.03. The molecule has 0 aliphatic heterocycles. The molecule has 0 radical (unpaired) electrons. The lowest BCUT2D eigenvalue weighted by Crippen LogP contribution is -2.27. The van der Waals surface area contributed by atoms with Crippen LogP contribution in [0.1, 0.15) is 89.2 Å². The van der Waals surface area contributed by atoms with Crippen LogP contribution in [0.15, 0.2) is 36.4 Å². The van der Waals surface area contributed by atoms with Crippen LogP contribution < -0.4 is 10.9 Å². The first-order valence-corrected chi connectivity index (χ1v) is 11.3. The standard InChI is InChI=1S/C25H36B2/c1-3-5-7-9-15-25(16-10-8-6-4-2)23-17-19(26)11-13-21(23)22-14-12-20(27)18-24(22)25/h11-14,17-18H,3-10,15-16,26-27H2,1-2H3. The zero-order valence-corrected chi connectivity index (χ0v) is 18.0. The highest BCUT2D eigenvalue weighted by molar-refractivity contribution is 6.33. The number of fused-ring (bicyclic) bond motifs is 3. The average molecular weight is 358 g/mol. The van der Waals surface area contributed by atoms with Gasteiger partial charge in [0.05, 0.1) is 0 Å². The van der Waals surface area contributed by atoms with Gasteiger partial charge in [-0.15, -0.1) is 0 Å². The highest BCUT2D eigenvalue weighted by atomic mass is 14.4. The molecule has 0 atom stereocenters. The van der Waals surface area contributed by atoms with Crippen LogP contribution in [0, 0.1) is 0 Å². The molecule has 0 saturated carbocycles. The second-order valence-electron chi connectivity index (χ2n) is 8.80. The van der Waals surface area contributed by atoms with Crippen molar-refractivity contribution in [3.05, 3.63) is 47.5 Å². The monoisotopic (exact) mass is 358 g/mol. The van der Waals surface area contributed by atoms with E-state index < -0.39 is 0 Å². The lowest BCUT2D eigenvalue weighted by atomic mass is 9.69. The minimum absolute atomic E-state index is 0.240. The van der Waals surface area contributed by atoms with Crippen molar-refractivity contribution in [1.29, 1.82) is 0 Å². The summed E-state index contributed by atoms with van der Waals surface area (Å²) in [5, 5.41) is 0. The number of unbranched alkanes of at least 4 members (excludes halogenated alkanes) is 6. The second-order valence-corrected chi connectivity index (χ2v) is 8.80. The van der Waals surface area contributed by atoms with Gasteiger partial charge in [-0.1, -0.05) is 113 Å². The van der Waals surface area contributed by atoms with Gasteiger partial charge < -0.3 is 0 Å². The van der Waals surface area contributed by atoms with E-state index in [1.54, 1.807) is 11.1 Å². The Morgan fingerprint density at radius 2 is 1.07 bits per heavy atom. The van der Waals surface area contributed by atoms with Gasteiger partial charge in [0.2, 0.25) is 0 Å². The summed E-state index contributed by atoms with van der Waals surface area (Å²) < 4.78 is 0. The molecule has 0 spiro atoms. The summed E-state index contributed by atoms with van der Waals surface area (Å²) in [5.74, 6) is 0. The van der Waals surface area contributed by atoms with Crippen molar-refractivity contribution in [2.75, 3.05) is 0 Å². The van der Waals surface area contributed by atoms with E-state index >= 15 is 0 Å². The Kier molecular flexibility index (Phi) is 6.90. The molecule has 2 aromatic carbocycles. The Morgan fingerprint density at radius 1 is 0.630 bits per heavy atom. The molecule has 0 bridgehead atoms. The van der Waals surface area contributed by atoms with Gasteiger partial charge >= 0.3 is 0 Å². The van der Waals surface area contributed by atoms with Gasteiger partial charge in [-0.3, -0.25) is 0 Å². The minimum atomic E-state index is 0.240. The lowest BCUT2D eigenvalue weighted by molar-refractivity contribution is 0.401. The lowest BCUT2D eigenvalue weighted by Gasteiger charge is -2.33. The van der Waals surface area contributed by atoms with E-state index in [0.717, 1.165) is 0 Å². The van der Waals surface area contributed by atoms with Gasteiger partial charge in [-0.25, -0.2) is 0 Å². The van der Waals surface area contributed by atoms with Gasteiger partial charge in [0.25, 0.3) is 0 Å². The number of hydrogen-bond donors (Lipinski definition) is 0. The first kappa shape index (κ1) is 20.3. The minimum Gasteiger partial charge on any atom is -0.0886 e. The van der Waals surface area contributed by atoms with E-state index in [1.807, 2.05) is 0 Å². The number of hydrogen-bond acceptors (Lipinski definition) is 0. The van der Waals surface area contributed by atoms with E-state index in [2.05, 4.69) is 65.9 Å². The average Bonchev–Trinajstić information content (AvgIpc) is 2.92. The first-order valence-electron chi connectivity index (χ1n) is 11.3. The Hall–Kier alpha value is -1.43. The third-order valence-corrected chi connectivity index (χ3v) is 6.59. The quantitative estimate of drug-likeness (QED) is 0.436. The fourth-order valence-electron chi connectivity index (χ4n) is 5.09. The van der Waals surface area contributed by atoms with Crippen molar-refractivity contribution in [3.8, 4) is 11.1 Å². The molecule has 1 aliphatic carbocycles. The third kappa shape index (κ3) is 4.20. The Labute approximate surface area is 169 Å². The summed E-state index contributed by atoms with van der Waals surface area (Å²) in [4.78, 5) is 0. The van der Waals surface area contributed by atoms with Gasteiger partial charge in [0, 0.05) is 5.41 Å². The molecule has 3 rings (SSSR count). The largest absolute Gasteiger partial charge is 0.139 e. The van der Waals surface area contributed by atoms with Crippen LogP contribution in [0.25, 0.3) is 11.1 Å². The first-order chi connectivity index (χ1) is 13.1. The van der Waals surface area contributed by atoms with Crippen LogP contribution in [-0.4, -0.2) is 15.7 Å². The molecule has 0 heterocycles. The topological polar surface area (TPSA) is 0 Å². The van der Waals surface area contributed by atoms with E-state index in [4.69, 9.17) is 0 Å². The Morgan fingerprint density at radius 3 is 1.48 bits per heavy atom. The van der Waals surface area contributed by atoms with Gasteiger partial charge in [0.15, 0.2) is 0 Å². The summed E-state index contributed by atoms with van der Waals surface area (Å²) in [6.45, 7) is 4.63. The van der Waals surface area contributed by atoms with Crippen LogP contribution in [0.4, 0.5) is 0 Å². The predicted molar refractivity (Wildman–Crippen MR) is 127 cm³/mol. The van der Waals surface area contributed by atoms with Crippen LogP contribution in [0.3, 0.4) is 0 Å². The zero-order chi connectivity index (χ0) is 19.3. The third-order valence-electron chi connectivity index (χ3n) is 6.59. The van der Waals surface area contributed by atoms with Crippen molar-refractivity contribution in [3.63, 3.8) is 0 Å². The summed E-state index contributed by atoms with van der Waals surface area (Å²) in [6.07, 6.45) is 13.4. The summed E-state index contributed by atoms with van der Waals surface area (Å²) >= 11 is 0. The maximum atomic E-state index is 2.50. The molecule has 0 unspecified atom stereocenters. The molecule has 142 valence electrons. The highest BCUT2D eigenvalue weighted by Crippen LogP contribution is 2.53. The van der Waals surface area contributed by atoms with E-state index in [9.17, 15) is 0 Å². The van der Waals surface area contributed by atoms with E-state index in [0.29, 0.717) is 0 Å². The van der Waals surface area contributed by atoms with Crippen molar-refractivity contribution in [2.24, 2.45) is 0 Å². The van der Waals surface area contributed by atoms with Crippen molar-refractivity contribution in [2.45, 2.75) is 83.5 Å². The van der Waals surface area contributed by atoms with Crippen LogP contribution >= 0.6 is 0 Å². The normalized spacial score (nSPS) is 14.1. The van der Waals surface area contributed by atoms with Gasteiger partial charge in [-0.2, -0.15) is 0 Å². The van der Waals surface area contributed by atoms with Crippen LogP contribution in [0.2, 0.25) is 0 Å². The summed E-state index contributed by atoms with van der Waals surface area (Å²) in [7, 11) is 4.51. The molecule has 0 N–H and O–H groups in total. The molecule has 0 fully saturated rings. The van der Waals surface area contributed by atoms with Crippen LogP contribution in [-0.2, 0) is 5.41 Å². The summed E-state index contributed by atoms with van der Waals surface area (Å²) in [6, 6.07) is 14.4. The number of rotatable bonds is 10. The predicted octanol–water partition coefficient (Wildman–Crippen LogP) is 4.41. The molecular weight excluding hydrogens is 322 g/mol. The molecule has 0 saturated heterocycles. The fraction of sp³-hybridized carbons (Fsp3) is 0.520. The van der Waals surface area contributed by atoms with Crippen molar-refractivity contribution in [1.82, 2.24) is 0 Å². The SMILES string of the molecule is Bc1ccc2c(c1)C(CCCCCC)(CCCCCC)c1cc(B)ccc1-2. The molecule has 0 nitrogen and oxygen atoms in total. The van der Waals surface area contributed by atoms with E-state index in [-0.39, 0.29) is 5.41 Å². The smallest absolute Gasteiger partial charge is 0.0886 e. The van der Waals surface area contributed by atoms with Crippen molar-refractivity contribution >= 4 is 26.6 Å². The Bertz CT molecular complexity index is 697. The zero-order valence-electron chi connectivity index (χ0n) is 18.0. The highest BCUT2D eigenvalue weighted by Gasteiger charge is 2.42. The van der Waals surface area contributed by atoms with Crippen molar-refractivity contribution < 1.29 is 0 Å². The maximum absolute atomic E-state index is 2.50. The number of benzene rings is 2. The fourth-order valence-corrected chi connectivity index (χ4v) is 5.09. The molecule has 27 heavy (non-hydrogen) atoms. The molecule has 0 aromatic heterocycles. The second kappa shape index (κ2) is 9.18. The van der Waals surface area contributed by atoms with Crippen LogP contribution in [0.5, 0.6) is 0 Å².